The molecule has 3 aromatic rings. The third kappa shape index (κ3) is 5.25. The second kappa shape index (κ2) is 8.76. The highest BCUT2D eigenvalue weighted by Gasteiger charge is 2.03. The lowest BCUT2D eigenvalue weighted by Gasteiger charge is -2.07. The first-order valence-electron chi connectivity index (χ1n) is 8.60. The maximum atomic E-state index is 12.9. The van der Waals surface area contributed by atoms with Crippen LogP contribution in [0.2, 0.25) is 0 Å². The fraction of sp³-hybridized carbons (Fsp3) is 0.0909. The summed E-state index contributed by atoms with van der Waals surface area (Å²) < 4.78 is 12.9. The molecule has 0 aliphatic heterocycles. The van der Waals surface area contributed by atoms with Crippen LogP contribution in [0.25, 0.3) is 11.1 Å². The quantitative estimate of drug-likeness (QED) is 0.504. The smallest absolute Gasteiger partial charge is 0.259 e. The minimum Gasteiger partial charge on any atom is -0.376 e. The van der Waals surface area contributed by atoms with E-state index in [0.29, 0.717) is 11.4 Å². The van der Waals surface area contributed by atoms with Gasteiger partial charge in [0.25, 0.3) is 5.91 Å². The van der Waals surface area contributed by atoms with Crippen molar-refractivity contribution in [2.24, 2.45) is 5.10 Å². The Morgan fingerprint density at radius 1 is 0.889 bits per heavy atom. The average Bonchev–Trinajstić information content (AvgIpc) is 2.72. The van der Waals surface area contributed by atoms with Gasteiger partial charge in [-0.05, 0) is 47.9 Å². The third-order valence-corrected chi connectivity index (χ3v) is 4.06. The van der Waals surface area contributed by atoms with Crippen LogP contribution < -0.4 is 10.7 Å². The van der Waals surface area contributed by atoms with Crippen LogP contribution in [-0.4, -0.2) is 18.2 Å². The van der Waals surface area contributed by atoms with Gasteiger partial charge in [0.2, 0.25) is 0 Å². The molecule has 0 aliphatic carbocycles. The van der Waals surface area contributed by atoms with E-state index in [1.807, 2.05) is 49.4 Å². The minimum absolute atomic E-state index is 0.0509. The summed E-state index contributed by atoms with van der Waals surface area (Å²) in [6.07, 6.45) is 0. The Balaban J connectivity index is 1.55. The maximum Gasteiger partial charge on any atom is 0.259 e. The molecular formula is C22H20FN3O. The van der Waals surface area contributed by atoms with Gasteiger partial charge < -0.3 is 5.32 Å². The predicted octanol–water partition coefficient (Wildman–Crippen LogP) is 4.45. The number of carbonyl (C=O) groups excluding carboxylic acids is 1. The Kier molecular flexibility index (Phi) is 5.94. The van der Waals surface area contributed by atoms with Gasteiger partial charge in [0.1, 0.15) is 5.82 Å². The molecule has 4 nitrogen and oxygen atoms in total. The van der Waals surface area contributed by atoms with Gasteiger partial charge in [-0.15, -0.1) is 0 Å². The Bertz CT molecular complexity index is 920. The molecule has 0 aromatic heterocycles. The summed E-state index contributed by atoms with van der Waals surface area (Å²) in [4.78, 5) is 11.9. The van der Waals surface area contributed by atoms with Gasteiger partial charge in [0.15, 0.2) is 0 Å². The molecule has 0 unspecified atom stereocenters. The Morgan fingerprint density at radius 2 is 1.52 bits per heavy atom. The zero-order chi connectivity index (χ0) is 19.1. The zero-order valence-corrected chi connectivity index (χ0v) is 14.9. The predicted molar refractivity (Wildman–Crippen MR) is 107 cm³/mol. The number of halogens is 1. The molecule has 27 heavy (non-hydrogen) atoms. The van der Waals surface area contributed by atoms with Crippen LogP contribution in [0.4, 0.5) is 10.1 Å². The average molecular weight is 361 g/mol. The second-order valence-corrected chi connectivity index (χ2v) is 6.04. The van der Waals surface area contributed by atoms with Gasteiger partial charge in [0.05, 0.1) is 12.3 Å². The minimum atomic E-state index is -0.316. The molecule has 0 spiro atoms. The molecular weight excluding hydrogens is 341 g/mol. The van der Waals surface area contributed by atoms with Gasteiger partial charge in [-0.2, -0.15) is 5.10 Å². The molecule has 2 N–H and O–H groups in total. The summed E-state index contributed by atoms with van der Waals surface area (Å²) in [7, 11) is 0. The second-order valence-electron chi connectivity index (χ2n) is 6.04. The van der Waals surface area contributed by atoms with E-state index in [2.05, 4.69) is 28.0 Å². The summed E-state index contributed by atoms with van der Waals surface area (Å²) in [6, 6.07) is 23.9. The number of hydrogen-bond acceptors (Lipinski definition) is 3. The molecule has 0 aliphatic rings. The first-order valence-corrected chi connectivity index (χ1v) is 8.60. The molecule has 1 amide bonds. The highest BCUT2D eigenvalue weighted by molar-refractivity contribution is 5.99. The fourth-order valence-corrected chi connectivity index (χ4v) is 2.53. The summed E-state index contributed by atoms with van der Waals surface area (Å²) in [5, 5.41) is 7.05. The van der Waals surface area contributed by atoms with E-state index in [-0.39, 0.29) is 18.3 Å². The van der Waals surface area contributed by atoms with Crippen LogP contribution in [0.15, 0.2) is 84.0 Å². The first-order chi connectivity index (χ1) is 13.1. The summed E-state index contributed by atoms with van der Waals surface area (Å²) >= 11 is 0. The molecule has 0 radical (unpaired) electrons. The Labute approximate surface area is 157 Å². The number of amides is 1. The van der Waals surface area contributed by atoms with E-state index in [1.54, 1.807) is 12.1 Å². The molecule has 0 heterocycles. The van der Waals surface area contributed by atoms with Crippen molar-refractivity contribution < 1.29 is 9.18 Å². The lowest BCUT2D eigenvalue weighted by molar-refractivity contribution is -0.119. The van der Waals surface area contributed by atoms with E-state index >= 15 is 0 Å². The molecule has 0 saturated carbocycles. The number of rotatable bonds is 6. The lowest BCUT2D eigenvalue weighted by Crippen LogP contribution is -2.26. The molecule has 5 heteroatoms. The van der Waals surface area contributed by atoms with Crippen molar-refractivity contribution in [1.82, 2.24) is 5.43 Å². The number of nitrogens with zero attached hydrogens (tertiary/aromatic N) is 1. The number of benzene rings is 3. The van der Waals surface area contributed by atoms with Crippen molar-refractivity contribution >= 4 is 17.3 Å². The highest BCUT2D eigenvalue weighted by Crippen LogP contribution is 2.19. The first kappa shape index (κ1) is 18.3. The van der Waals surface area contributed by atoms with Crippen LogP contribution in [0.5, 0.6) is 0 Å². The van der Waals surface area contributed by atoms with Crippen molar-refractivity contribution in [3.63, 3.8) is 0 Å². The standard InChI is InChI=1S/C22H20FN3O/c1-16(17-7-9-19(10-8-17)18-5-3-2-4-6-18)25-26-22(27)15-24-21-13-11-20(23)12-14-21/h2-14,24H,15H2,1H3,(H,26,27). The van der Waals surface area contributed by atoms with Gasteiger partial charge >= 0.3 is 0 Å². The molecule has 0 bridgehead atoms. The van der Waals surface area contributed by atoms with E-state index in [4.69, 9.17) is 0 Å². The number of hydrogen-bond donors (Lipinski definition) is 2. The number of nitrogens with one attached hydrogen (secondary N) is 2. The normalized spacial score (nSPS) is 11.1. The molecule has 3 rings (SSSR count). The molecule has 0 saturated heterocycles. The van der Waals surface area contributed by atoms with Crippen molar-refractivity contribution in [3.05, 3.63) is 90.2 Å². The van der Waals surface area contributed by atoms with E-state index < -0.39 is 0 Å². The summed E-state index contributed by atoms with van der Waals surface area (Å²) in [6.45, 7) is 1.89. The van der Waals surface area contributed by atoms with Crippen LogP contribution in [0, 0.1) is 5.82 Å². The SMILES string of the molecule is CC(=NNC(=O)CNc1ccc(F)cc1)c1ccc(-c2ccccc2)cc1. The molecule has 3 aromatic carbocycles. The zero-order valence-electron chi connectivity index (χ0n) is 14.9. The topological polar surface area (TPSA) is 53.5 Å². The summed E-state index contributed by atoms with van der Waals surface area (Å²) in [5.41, 5.74) is 7.11. The van der Waals surface area contributed by atoms with Gasteiger partial charge in [0, 0.05) is 5.69 Å². The third-order valence-electron chi connectivity index (χ3n) is 4.06. The van der Waals surface area contributed by atoms with Crippen molar-refractivity contribution in [1.29, 1.82) is 0 Å². The summed E-state index contributed by atoms with van der Waals surface area (Å²) in [5.74, 6) is -0.594. The van der Waals surface area contributed by atoms with Crippen LogP contribution in [0.3, 0.4) is 0 Å². The van der Waals surface area contributed by atoms with Crippen molar-refractivity contribution in [2.75, 3.05) is 11.9 Å². The highest BCUT2D eigenvalue weighted by atomic mass is 19.1. The van der Waals surface area contributed by atoms with Gasteiger partial charge in [-0.3, -0.25) is 4.79 Å². The van der Waals surface area contributed by atoms with E-state index in [0.717, 1.165) is 16.7 Å². The van der Waals surface area contributed by atoms with Gasteiger partial charge in [-0.25, -0.2) is 9.82 Å². The Hall–Kier alpha value is -3.47. The molecule has 136 valence electrons. The largest absolute Gasteiger partial charge is 0.376 e. The van der Waals surface area contributed by atoms with Crippen LogP contribution in [-0.2, 0) is 4.79 Å². The number of anilines is 1. The van der Waals surface area contributed by atoms with E-state index in [1.165, 1.54) is 12.1 Å². The lowest BCUT2D eigenvalue weighted by atomic mass is 10.0. The van der Waals surface area contributed by atoms with Crippen LogP contribution in [0.1, 0.15) is 12.5 Å². The number of carbonyl (C=O) groups is 1. The van der Waals surface area contributed by atoms with Crippen molar-refractivity contribution in [3.8, 4) is 11.1 Å². The van der Waals surface area contributed by atoms with Crippen molar-refractivity contribution in [2.45, 2.75) is 6.92 Å². The van der Waals surface area contributed by atoms with Crippen LogP contribution >= 0.6 is 0 Å². The van der Waals surface area contributed by atoms with E-state index in [9.17, 15) is 9.18 Å². The van der Waals surface area contributed by atoms with Gasteiger partial charge in [-0.1, -0.05) is 54.6 Å². The molecule has 0 fully saturated rings. The monoisotopic (exact) mass is 361 g/mol. The Morgan fingerprint density at radius 3 is 2.19 bits per heavy atom. The molecule has 0 atom stereocenters. The maximum absolute atomic E-state index is 12.9. The fourth-order valence-electron chi connectivity index (χ4n) is 2.53. The number of hydrazone groups is 1.